The van der Waals surface area contributed by atoms with Crippen molar-refractivity contribution >= 4 is 21.8 Å². The molecule has 0 saturated carbocycles. The Balaban J connectivity index is 0.000000222. The average molecular weight is 391 g/mol. The van der Waals surface area contributed by atoms with E-state index in [1.165, 1.54) is 12.1 Å². The van der Waals surface area contributed by atoms with E-state index in [1.54, 1.807) is 24.5 Å². The van der Waals surface area contributed by atoms with Crippen LogP contribution in [0.3, 0.4) is 0 Å². The zero-order valence-corrected chi connectivity index (χ0v) is 17.0. The molecule has 2 heterocycles. The summed E-state index contributed by atoms with van der Waals surface area (Å²) in [6.45, 7) is 0. The van der Waals surface area contributed by atoms with Gasteiger partial charge in [-0.15, -0.1) is 0 Å². The number of fused-ring (bicyclic) bond motifs is 2. The van der Waals surface area contributed by atoms with E-state index in [2.05, 4.69) is 9.97 Å². The Hall–Kier alpha value is -0.984. The van der Waals surface area contributed by atoms with Crippen molar-refractivity contribution in [2.24, 2.45) is 0 Å². The van der Waals surface area contributed by atoms with Crippen molar-refractivity contribution in [2.75, 3.05) is 0 Å². The second-order valence-electron chi connectivity index (χ2n) is 4.66. The summed E-state index contributed by atoms with van der Waals surface area (Å²) in [5.74, 6) is -0.0220. The van der Waals surface area contributed by atoms with Gasteiger partial charge in [-0.25, -0.2) is 0 Å². The fourth-order valence-corrected chi connectivity index (χ4v) is 2.15. The largest absolute Gasteiger partial charge is 1.00 e. The van der Waals surface area contributed by atoms with Gasteiger partial charge in [0.1, 0.15) is 0 Å². The Morgan fingerprint density at radius 2 is 0.958 bits per heavy atom. The van der Waals surface area contributed by atoms with Crippen molar-refractivity contribution in [3.8, 4) is 11.5 Å². The average Bonchev–Trinajstić information content (AvgIpc) is 2.57. The molecule has 0 amide bonds. The molecule has 0 aliphatic rings. The fraction of sp³-hybridized carbons (Fsp3) is 0. The van der Waals surface area contributed by atoms with E-state index < -0.39 is 0 Å². The molecule has 0 radical (unpaired) electrons. The third kappa shape index (κ3) is 5.00. The molecule has 0 spiro atoms. The number of hydrogen-bond acceptors (Lipinski definition) is 4. The van der Waals surface area contributed by atoms with Gasteiger partial charge in [-0.05, 0) is 22.9 Å². The molecule has 4 rings (SSSR count). The molecule has 24 heavy (non-hydrogen) atoms. The Morgan fingerprint density at radius 3 is 1.33 bits per heavy atom. The smallest absolute Gasteiger partial charge is 0.871 e. The summed E-state index contributed by atoms with van der Waals surface area (Å²) in [5, 5.41) is 24.0. The molecule has 0 aliphatic carbocycles. The summed E-state index contributed by atoms with van der Waals surface area (Å²) in [6, 6.07) is 17.7. The molecule has 0 aliphatic heterocycles. The molecule has 0 atom stereocenters. The van der Waals surface area contributed by atoms with E-state index in [4.69, 9.17) is 0 Å². The van der Waals surface area contributed by atoms with Crippen molar-refractivity contribution in [1.29, 1.82) is 0 Å². The molecule has 0 N–H and O–H groups in total. The van der Waals surface area contributed by atoms with Gasteiger partial charge in [-0.2, -0.15) is 0 Å². The predicted molar refractivity (Wildman–Crippen MR) is 82.4 cm³/mol. The van der Waals surface area contributed by atoms with Crippen LogP contribution >= 0.6 is 0 Å². The second kappa shape index (κ2) is 10.1. The SMILES string of the molecule is [Cu+].[K+].[O-]c1cccc2cccnc12.[O-]c1cccc2cccnc12. The third-order valence-electron chi connectivity index (χ3n) is 3.19. The number of aromatic nitrogens is 2. The number of para-hydroxylation sites is 2. The predicted octanol–water partition coefficient (Wildman–Crippen LogP) is -0.382. The number of benzene rings is 2. The van der Waals surface area contributed by atoms with Crippen molar-refractivity contribution in [2.45, 2.75) is 0 Å². The molecule has 4 nitrogen and oxygen atoms in total. The maximum atomic E-state index is 11.1. The van der Waals surface area contributed by atoms with Crippen LogP contribution < -0.4 is 61.6 Å². The zero-order chi connectivity index (χ0) is 15.4. The van der Waals surface area contributed by atoms with E-state index in [9.17, 15) is 10.2 Å². The van der Waals surface area contributed by atoms with E-state index in [1.807, 2.05) is 36.4 Å². The topological polar surface area (TPSA) is 71.9 Å². The summed E-state index contributed by atoms with van der Waals surface area (Å²) < 4.78 is 0. The summed E-state index contributed by atoms with van der Waals surface area (Å²) in [6.07, 6.45) is 3.26. The number of hydrogen-bond donors (Lipinski definition) is 0. The zero-order valence-electron chi connectivity index (χ0n) is 12.9. The van der Waals surface area contributed by atoms with Crippen LogP contribution in [0.25, 0.3) is 21.8 Å². The summed E-state index contributed by atoms with van der Waals surface area (Å²) in [7, 11) is 0. The van der Waals surface area contributed by atoms with Gasteiger partial charge in [-0.3, -0.25) is 9.97 Å². The van der Waals surface area contributed by atoms with Crippen LogP contribution in [-0.2, 0) is 17.1 Å². The molecule has 0 fully saturated rings. The van der Waals surface area contributed by atoms with Crippen molar-refractivity contribution in [1.82, 2.24) is 9.97 Å². The summed E-state index contributed by atoms with van der Waals surface area (Å²) in [4.78, 5) is 7.94. The minimum absolute atomic E-state index is 0. The van der Waals surface area contributed by atoms with Gasteiger partial charge < -0.3 is 10.2 Å². The normalized spacial score (nSPS) is 9.33. The number of nitrogens with zero attached hydrogens (tertiary/aromatic N) is 2. The molecular formula is C18H12CuKN2O2. The van der Waals surface area contributed by atoms with E-state index in [0.29, 0.717) is 11.0 Å². The van der Waals surface area contributed by atoms with Gasteiger partial charge in [-0.1, -0.05) is 60.0 Å². The van der Waals surface area contributed by atoms with Gasteiger partial charge in [0.15, 0.2) is 0 Å². The molecule has 0 bridgehead atoms. The van der Waals surface area contributed by atoms with Crippen molar-refractivity contribution in [3.63, 3.8) is 0 Å². The Kier molecular flexibility index (Phi) is 8.87. The first-order chi connectivity index (χ1) is 10.8. The van der Waals surface area contributed by atoms with E-state index >= 15 is 0 Å². The number of rotatable bonds is 0. The molecular weight excluding hydrogens is 379 g/mol. The van der Waals surface area contributed by atoms with Crippen LogP contribution in [0.5, 0.6) is 11.5 Å². The Morgan fingerprint density at radius 1 is 0.583 bits per heavy atom. The van der Waals surface area contributed by atoms with Crippen molar-refractivity contribution in [3.05, 3.63) is 73.1 Å². The molecule has 0 unspecified atom stereocenters. The molecule has 2 aromatic heterocycles. The maximum Gasteiger partial charge on any atom is 1.00 e. The van der Waals surface area contributed by atoms with Gasteiger partial charge in [0.05, 0.1) is 11.0 Å². The third-order valence-corrected chi connectivity index (χ3v) is 3.19. The molecule has 6 heteroatoms. The Labute approximate surface area is 192 Å². The van der Waals surface area contributed by atoms with Gasteiger partial charge in [0.2, 0.25) is 0 Å². The molecule has 4 aromatic rings. The first kappa shape index (κ1) is 21.1. The standard InChI is InChI=1S/2C9H7NO.Cu.K/c2*11-8-5-1-3-7-4-2-6-10-9(7)8;;/h2*1-6,11H;;/q;;2*+1/p-2. The minimum atomic E-state index is -0.0110. The van der Waals surface area contributed by atoms with Crippen LogP contribution in [0.15, 0.2) is 73.1 Å². The van der Waals surface area contributed by atoms with Crippen molar-refractivity contribution < 1.29 is 78.7 Å². The fourth-order valence-electron chi connectivity index (χ4n) is 2.15. The van der Waals surface area contributed by atoms with Gasteiger partial charge in [0.25, 0.3) is 0 Å². The van der Waals surface area contributed by atoms with Crippen LogP contribution in [0, 0.1) is 0 Å². The Bertz CT molecular complexity index is 847. The number of pyridine rings is 2. The molecule has 118 valence electrons. The molecule has 2 aromatic carbocycles. The quantitative estimate of drug-likeness (QED) is 0.384. The second-order valence-corrected chi connectivity index (χ2v) is 4.66. The minimum Gasteiger partial charge on any atom is -0.871 e. The van der Waals surface area contributed by atoms with Gasteiger partial charge in [0, 0.05) is 12.4 Å². The monoisotopic (exact) mass is 390 g/mol. The van der Waals surface area contributed by atoms with Crippen LogP contribution in [0.2, 0.25) is 0 Å². The molecule has 0 saturated heterocycles. The maximum absolute atomic E-state index is 11.1. The van der Waals surface area contributed by atoms with Crippen LogP contribution in [0.4, 0.5) is 0 Å². The van der Waals surface area contributed by atoms with E-state index in [-0.39, 0.29) is 80.0 Å². The van der Waals surface area contributed by atoms with Crippen LogP contribution in [0.1, 0.15) is 0 Å². The van der Waals surface area contributed by atoms with Gasteiger partial charge >= 0.3 is 68.5 Å². The van der Waals surface area contributed by atoms with E-state index in [0.717, 1.165) is 10.8 Å². The summed E-state index contributed by atoms with van der Waals surface area (Å²) >= 11 is 0. The summed E-state index contributed by atoms with van der Waals surface area (Å²) in [5.41, 5.74) is 1.10. The van der Waals surface area contributed by atoms with Crippen LogP contribution in [-0.4, -0.2) is 9.97 Å². The first-order valence-corrected chi connectivity index (χ1v) is 6.77. The first-order valence-electron chi connectivity index (χ1n) is 6.77.